The third kappa shape index (κ3) is 7.38. The van der Waals surface area contributed by atoms with Crippen molar-refractivity contribution in [3.63, 3.8) is 0 Å². The first kappa shape index (κ1) is 25.5. The van der Waals surface area contributed by atoms with Crippen LogP contribution in [0.15, 0.2) is 30.6 Å². The molecule has 0 spiro atoms. The fraction of sp³-hybridized carbons (Fsp3) is 0.609. The Kier molecular flexibility index (Phi) is 9.18. The summed E-state index contributed by atoms with van der Waals surface area (Å²) in [5.74, 6) is 1.59. The van der Waals surface area contributed by atoms with Gasteiger partial charge in [0.05, 0.1) is 32.6 Å². The molecule has 2 heterocycles. The van der Waals surface area contributed by atoms with E-state index < -0.39 is 6.10 Å². The maximum absolute atomic E-state index is 10.6. The lowest BCUT2D eigenvalue weighted by Gasteiger charge is -2.34. The molecule has 2 aromatic rings. The molecule has 2 unspecified atom stereocenters. The zero-order valence-electron chi connectivity index (χ0n) is 19.2. The minimum Gasteiger partial charge on any atom is -0.497 e. The number of aliphatic hydroxyl groups is 1. The number of aliphatic hydroxyl groups excluding tert-OH is 1. The second-order valence-corrected chi connectivity index (χ2v) is 9.07. The van der Waals surface area contributed by atoms with Gasteiger partial charge in [0.25, 0.3) is 0 Å². The van der Waals surface area contributed by atoms with Gasteiger partial charge in [-0.15, -0.1) is 12.4 Å². The van der Waals surface area contributed by atoms with Gasteiger partial charge in [-0.05, 0) is 36.1 Å². The van der Waals surface area contributed by atoms with Gasteiger partial charge in [-0.2, -0.15) is 5.10 Å². The van der Waals surface area contributed by atoms with Crippen molar-refractivity contribution in [2.24, 2.45) is 0 Å². The lowest BCUT2D eigenvalue weighted by Crippen LogP contribution is -2.47. The van der Waals surface area contributed by atoms with E-state index in [2.05, 4.69) is 30.8 Å². The summed E-state index contributed by atoms with van der Waals surface area (Å²) in [5, 5.41) is 14.9. The van der Waals surface area contributed by atoms with Crippen molar-refractivity contribution >= 4 is 12.4 Å². The second-order valence-electron chi connectivity index (χ2n) is 9.07. The van der Waals surface area contributed by atoms with E-state index in [0.717, 1.165) is 42.3 Å². The molecule has 2 atom stereocenters. The number of methoxy groups -OCH3 is 1. The van der Waals surface area contributed by atoms with Gasteiger partial charge < -0.3 is 19.3 Å². The summed E-state index contributed by atoms with van der Waals surface area (Å²) in [4.78, 5) is 2.23. The van der Waals surface area contributed by atoms with E-state index in [1.54, 1.807) is 7.11 Å². The summed E-state index contributed by atoms with van der Waals surface area (Å²) < 4.78 is 19.2. The fourth-order valence-corrected chi connectivity index (χ4v) is 3.72. The zero-order chi connectivity index (χ0) is 21.7. The van der Waals surface area contributed by atoms with Crippen LogP contribution in [0.25, 0.3) is 0 Å². The highest BCUT2D eigenvalue weighted by Gasteiger charge is 2.24. The van der Waals surface area contributed by atoms with Crippen molar-refractivity contribution in [2.45, 2.75) is 51.9 Å². The first-order valence-electron chi connectivity index (χ1n) is 10.6. The molecule has 0 bridgehead atoms. The largest absolute Gasteiger partial charge is 0.497 e. The molecule has 1 aliphatic heterocycles. The first-order chi connectivity index (χ1) is 14.2. The minimum atomic E-state index is -0.578. The molecule has 1 aromatic heterocycles. The Labute approximate surface area is 191 Å². The van der Waals surface area contributed by atoms with Crippen molar-refractivity contribution in [1.82, 2.24) is 14.7 Å². The highest BCUT2D eigenvalue weighted by molar-refractivity contribution is 5.85. The van der Waals surface area contributed by atoms with Crippen LogP contribution in [0.5, 0.6) is 11.5 Å². The summed E-state index contributed by atoms with van der Waals surface area (Å²) in [6, 6.07) is 5.81. The topological polar surface area (TPSA) is 69.0 Å². The molecule has 8 heteroatoms. The van der Waals surface area contributed by atoms with Crippen LogP contribution in [0.3, 0.4) is 0 Å². The second kappa shape index (κ2) is 11.2. The van der Waals surface area contributed by atoms with Crippen LogP contribution >= 0.6 is 12.4 Å². The van der Waals surface area contributed by atoms with Crippen molar-refractivity contribution in [3.8, 4) is 11.5 Å². The lowest BCUT2D eigenvalue weighted by atomic mass is 9.86. The first-order valence-corrected chi connectivity index (χ1v) is 10.6. The number of ether oxygens (including phenoxy) is 3. The van der Waals surface area contributed by atoms with Gasteiger partial charge >= 0.3 is 0 Å². The van der Waals surface area contributed by atoms with Crippen LogP contribution in [0.4, 0.5) is 0 Å². The third-order valence-electron chi connectivity index (χ3n) is 5.27. The Morgan fingerprint density at radius 3 is 2.74 bits per heavy atom. The molecule has 174 valence electrons. The van der Waals surface area contributed by atoms with Gasteiger partial charge in [0.1, 0.15) is 24.2 Å². The Balaban J connectivity index is 0.00000341. The summed E-state index contributed by atoms with van der Waals surface area (Å²) in [7, 11) is 1.66. The van der Waals surface area contributed by atoms with Crippen molar-refractivity contribution in [3.05, 3.63) is 41.7 Å². The average Bonchev–Trinajstić information content (AvgIpc) is 3.10. The summed E-state index contributed by atoms with van der Waals surface area (Å²) >= 11 is 0. The number of hydrogen-bond donors (Lipinski definition) is 1. The number of aryl methyl sites for hydroxylation is 1. The molecule has 1 N–H and O–H groups in total. The Bertz CT molecular complexity index is 821. The average molecular weight is 454 g/mol. The maximum Gasteiger partial charge on any atom is 0.123 e. The summed E-state index contributed by atoms with van der Waals surface area (Å²) in [6.45, 7) is 12.2. The van der Waals surface area contributed by atoms with Gasteiger partial charge in [-0.3, -0.25) is 9.58 Å². The molecule has 1 aliphatic rings. The summed E-state index contributed by atoms with van der Waals surface area (Å²) in [6.07, 6.45) is 3.37. The molecule has 0 aliphatic carbocycles. The van der Waals surface area contributed by atoms with Crippen LogP contribution in [0, 0.1) is 6.92 Å². The van der Waals surface area contributed by atoms with Gasteiger partial charge in [0.2, 0.25) is 0 Å². The van der Waals surface area contributed by atoms with E-state index in [4.69, 9.17) is 14.2 Å². The molecule has 1 saturated heterocycles. The van der Waals surface area contributed by atoms with Crippen molar-refractivity contribution < 1.29 is 19.3 Å². The third-order valence-corrected chi connectivity index (χ3v) is 5.27. The van der Waals surface area contributed by atoms with E-state index in [1.807, 2.05) is 42.2 Å². The molecule has 0 saturated carbocycles. The maximum atomic E-state index is 10.6. The zero-order valence-corrected chi connectivity index (χ0v) is 20.0. The molecule has 7 nitrogen and oxygen atoms in total. The van der Waals surface area contributed by atoms with E-state index in [1.165, 1.54) is 0 Å². The summed E-state index contributed by atoms with van der Waals surface area (Å²) in [5.41, 5.74) is 2.12. The number of benzene rings is 1. The predicted octanol–water partition coefficient (Wildman–Crippen LogP) is 3.06. The van der Waals surface area contributed by atoms with E-state index in [-0.39, 0.29) is 30.5 Å². The number of rotatable bonds is 8. The fourth-order valence-electron chi connectivity index (χ4n) is 3.72. The number of morpholine rings is 1. The highest BCUT2D eigenvalue weighted by Crippen LogP contribution is 2.34. The molecule has 31 heavy (non-hydrogen) atoms. The molecular formula is C23H36ClN3O4. The number of aromatic nitrogens is 2. The van der Waals surface area contributed by atoms with E-state index >= 15 is 0 Å². The van der Waals surface area contributed by atoms with Gasteiger partial charge in [-0.25, -0.2) is 0 Å². The van der Waals surface area contributed by atoms with Gasteiger partial charge in [0.15, 0.2) is 0 Å². The SMILES string of the molecule is COc1ccc(OCC(O)CN2CCOC(Cn3cc(C)cn3)C2)c(C(C)(C)C)c1.Cl. The number of halogens is 1. The van der Waals surface area contributed by atoms with E-state index in [9.17, 15) is 5.11 Å². The Morgan fingerprint density at radius 2 is 2.10 bits per heavy atom. The van der Waals surface area contributed by atoms with Crippen molar-refractivity contribution in [1.29, 1.82) is 0 Å². The smallest absolute Gasteiger partial charge is 0.123 e. The van der Waals surface area contributed by atoms with Crippen LogP contribution < -0.4 is 9.47 Å². The van der Waals surface area contributed by atoms with Crippen molar-refractivity contribution in [2.75, 3.05) is 40.0 Å². The van der Waals surface area contributed by atoms with Gasteiger partial charge in [-0.1, -0.05) is 20.8 Å². The van der Waals surface area contributed by atoms with Crippen LogP contribution in [0.1, 0.15) is 31.9 Å². The van der Waals surface area contributed by atoms with E-state index in [0.29, 0.717) is 13.2 Å². The van der Waals surface area contributed by atoms with Crippen LogP contribution in [-0.4, -0.2) is 72.0 Å². The number of hydrogen-bond acceptors (Lipinski definition) is 6. The van der Waals surface area contributed by atoms with Crippen LogP contribution in [0.2, 0.25) is 0 Å². The molecule has 1 aromatic carbocycles. The quantitative estimate of drug-likeness (QED) is 0.662. The predicted molar refractivity (Wildman–Crippen MR) is 124 cm³/mol. The Morgan fingerprint density at radius 1 is 1.32 bits per heavy atom. The molecule has 1 fully saturated rings. The molecular weight excluding hydrogens is 418 g/mol. The Hall–Kier alpha value is -1.80. The monoisotopic (exact) mass is 453 g/mol. The standard InChI is InChI=1S/C23H35N3O4.ClH/c1-17-11-24-26(12-17)15-20-14-25(8-9-29-20)13-18(27)16-30-22-7-6-19(28-5)10-21(22)23(2,3)4;/h6-7,10-12,18,20,27H,8-9,13-16H2,1-5H3;1H. The number of β-amino-alcohol motifs (C(OH)–C–C–N with tert-alkyl or cyclic N) is 1. The normalized spacial score (nSPS) is 18.3. The minimum absolute atomic E-state index is 0. The molecule has 0 radical (unpaired) electrons. The van der Waals surface area contributed by atoms with Crippen LogP contribution in [-0.2, 0) is 16.7 Å². The highest BCUT2D eigenvalue weighted by atomic mass is 35.5. The lowest BCUT2D eigenvalue weighted by molar-refractivity contribution is -0.0517. The molecule has 3 rings (SSSR count). The molecule has 0 amide bonds. The number of nitrogens with zero attached hydrogens (tertiary/aromatic N) is 3. The van der Waals surface area contributed by atoms with Gasteiger partial charge in [0, 0.05) is 31.4 Å².